The molecule has 0 aromatic heterocycles. The molecule has 0 nitrogen and oxygen atoms in total. The number of rotatable bonds is 3. The Labute approximate surface area is 88.1 Å². The molecular weight excluding hydrogens is 224 g/mol. The lowest BCUT2D eigenvalue weighted by atomic mass is 10.0. The van der Waals surface area contributed by atoms with Gasteiger partial charge in [0.05, 0.1) is 0 Å². The van der Waals surface area contributed by atoms with Crippen LogP contribution in [0.25, 0.3) is 5.57 Å². The summed E-state index contributed by atoms with van der Waals surface area (Å²) in [4.78, 5) is 0. The van der Waals surface area contributed by atoms with E-state index in [9.17, 15) is 0 Å². The van der Waals surface area contributed by atoms with E-state index in [1.807, 2.05) is 6.08 Å². The Morgan fingerprint density at radius 1 is 1.38 bits per heavy atom. The van der Waals surface area contributed by atoms with Gasteiger partial charge in [-0.1, -0.05) is 40.2 Å². The third kappa shape index (κ3) is 2.85. The van der Waals surface area contributed by atoms with Crippen molar-refractivity contribution >= 4 is 21.5 Å². The molecule has 0 saturated carbocycles. The highest BCUT2D eigenvalue weighted by atomic mass is 79.9. The van der Waals surface area contributed by atoms with Crippen LogP contribution in [0.15, 0.2) is 47.5 Å². The highest BCUT2D eigenvalue weighted by molar-refractivity contribution is 9.10. The summed E-state index contributed by atoms with van der Waals surface area (Å²) in [6, 6.07) is 8.34. The van der Waals surface area contributed by atoms with Gasteiger partial charge in [0.1, 0.15) is 0 Å². The number of allylic oxidation sites excluding steroid dienone is 3. The topological polar surface area (TPSA) is 0 Å². The predicted octanol–water partition coefficient (Wildman–Crippen LogP) is 4.43. The van der Waals surface area contributed by atoms with Gasteiger partial charge in [-0.3, -0.25) is 0 Å². The van der Waals surface area contributed by atoms with E-state index in [4.69, 9.17) is 0 Å². The van der Waals surface area contributed by atoms with Crippen molar-refractivity contribution in [3.05, 3.63) is 53.0 Å². The van der Waals surface area contributed by atoms with E-state index in [2.05, 4.69) is 59.8 Å². The molecule has 1 aromatic carbocycles. The highest BCUT2D eigenvalue weighted by Gasteiger charge is 1.97. The van der Waals surface area contributed by atoms with Gasteiger partial charge in [0.15, 0.2) is 0 Å². The number of hydrogen-bond donors (Lipinski definition) is 0. The standard InChI is InChI=1S/C12H13Br/c1-3-5-10(4-2)11-6-8-12(13)9-7-11/h3-4,6-9H,1,5H2,2H3/b10-4-. The second-order valence-electron chi connectivity index (χ2n) is 2.81. The fourth-order valence-corrected chi connectivity index (χ4v) is 1.49. The normalized spacial score (nSPS) is 11.4. The van der Waals surface area contributed by atoms with E-state index in [0.29, 0.717) is 0 Å². The molecule has 68 valence electrons. The highest BCUT2D eigenvalue weighted by Crippen LogP contribution is 2.20. The van der Waals surface area contributed by atoms with Gasteiger partial charge < -0.3 is 0 Å². The maximum atomic E-state index is 3.74. The van der Waals surface area contributed by atoms with Gasteiger partial charge in [-0.05, 0) is 36.6 Å². The third-order valence-electron chi connectivity index (χ3n) is 1.93. The molecule has 0 fully saturated rings. The van der Waals surface area contributed by atoms with Crippen molar-refractivity contribution < 1.29 is 0 Å². The van der Waals surface area contributed by atoms with Crippen molar-refractivity contribution in [1.82, 2.24) is 0 Å². The molecule has 0 saturated heterocycles. The zero-order chi connectivity index (χ0) is 9.68. The minimum Gasteiger partial charge on any atom is -0.103 e. The van der Waals surface area contributed by atoms with E-state index in [0.717, 1.165) is 10.9 Å². The van der Waals surface area contributed by atoms with Crippen LogP contribution in [0.2, 0.25) is 0 Å². The van der Waals surface area contributed by atoms with Crippen molar-refractivity contribution in [2.45, 2.75) is 13.3 Å². The number of benzene rings is 1. The molecule has 1 heteroatoms. The van der Waals surface area contributed by atoms with Crippen molar-refractivity contribution in [3.63, 3.8) is 0 Å². The molecule has 0 aliphatic carbocycles. The van der Waals surface area contributed by atoms with E-state index in [-0.39, 0.29) is 0 Å². The summed E-state index contributed by atoms with van der Waals surface area (Å²) >= 11 is 3.42. The van der Waals surface area contributed by atoms with Crippen LogP contribution < -0.4 is 0 Å². The molecule has 0 amide bonds. The second kappa shape index (κ2) is 5.03. The zero-order valence-electron chi connectivity index (χ0n) is 7.76. The number of halogens is 1. The summed E-state index contributed by atoms with van der Waals surface area (Å²) < 4.78 is 1.12. The summed E-state index contributed by atoms with van der Waals surface area (Å²) in [6.45, 7) is 5.80. The van der Waals surface area contributed by atoms with Gasteiger partial charge in [0, 0.05) is 4.47 Å². The van der Waals surface area contributed by atoms with Gasteiger partial charge in [-0.25, -0.2) is 0 Å². The Morgan fingerprint density at radius 2 is 2.00 bits per heavy atom. The Morgan fingerprint density at radius 3 is 2.46 bits per heavy atom. The lowest BCUT2D eigenvalue weighted by Gasteiger charge is -2.03. The molecule has 0 aliphatic heterocycles. The lowest BCUT2D eigenvalue weighted by molar-refractivity contribution is 1.38. The van der Waals surface area contributed by atoms with Gasteiger partial charge >= 0.3 is 0 Å². The van der Waals surface area contributed by atoms with Crippen LogP contribution in [0.5, 0.6) is 0 Å². The fraction of sp³-hybridized carbons (Fsp3) is 0.167. The second-order valence-corrected chi connectivity index (χ2v) is 3.73. The van der Waals surface area contributed by atoms with Crippen molar-refractivity contribution in [3.8, 4) is 0 Å². The van der Waals surface area contributed by atoms with Crippen molar-refractivity contribution in [1.29, 1.82) is 0 Å². The Bertz CT molecular complexity index is 306. The van der Waals surface area contributed by atoms with E-state index in [1.54, 1.807) is 0 Å². The van der Waals surface area contributed by atoms with Gasteiger partial charge in [0.2, 0.25) is 0 Å². The Kier molecular flexibility index (Phi) is 3.97. The monoisotopic (exact) mass is 236 g/mol. The molecular formula is C12H13Br. The molecule has 0 unspecified atom stereocenters. The summed E-state index contributed by atoms with van der Waals surface area (Å²) in [6.07, 6.45) is 4.99. The van der Waals surface area contributed by atoms with Crippen LogP contribution in [0.4, 0.5) is 0 Å². The summed E-state index contributed by atoms with van der Waals surface area (Å²) in [7, 11) is 0. The average molecular weight is 237 g/mol. The molecule has 0 N–H and O–H groups in total. The molecule has 1 rings (SSSR count). The quantitative estimate of drug-likeness (QED) is 0.682. The maximum Gasteiger partial charge on any atom is 0.0175 e. The SMILES string of the molecule is C=CC/C(=C/C)c1ccc(Br)cc1. The van der Waals surface area contributed by atoms with Gasteiger partial charge in [-0.15, -0.1) is 6.58 Å². The first-order chi connectivity index (χ1) is 6.27. The minimum atomic E-state index is 0.929. The minimum absolute atomic E-state index is 0.929. The predicted molar refractivity (Wildman–Crippen MR) is 62.6 cm³/mol. The first-order valence-electron chi connectivity index (χ1n) is 4.30. The summed E-state index contributed by atoms with van der Waals surface area (Å²) in [5.74, 6) is 0. The average Bonchev–Trinajstić information content (AvgIpc) is 2.16. The smallest absolute Gasteiger partial charge is 0.0175 e. The van der Waals surface area contributed by atoms with Crippen LogP contribution in [0.1, 0.15) is 18.9 Å². The van der Waals surface area contributed by atoms with Crippen LogP contribution in [0.3, 0.4) is 0 Å². The zero-order valence-corrected chi connectivity index (χ0v) is 9.34. The van der Waals surface area contributed by atoms with Crippen LogP contribution >= 0.6 is 15.9 Å². The lowest BCUT2D eigenvalue weighted by Crippen LogP contribution is -1.81. The van der Waals surface area contributed by atoms with Crippen molar-refractivity contribution in [2.75, 3.05) is 0 Å². The third-order valence-corrected chi connectivity index (χ3v) is 2.46. The Balaban J connectivity index is 2.92. The van der Waals surface area contributed by atoms with Crippen LogP contribution in [0, 0.1) is 0 Å². The molecule has 0 radical (unpaired) electrons. The summed E-state index contributed by atoms with van der Waals surface area (Å²) in [5.41, 5.74) is 2.59. The largest absolute Gasteiger partial charge is 0.103 e. The van der Waals surface area contributed by atoms with E-state index in [1.165, 1.54) is 11.1 Å². The molecule has 0 atom stereocenters. The van der Waals surface area contributed by atoms with Crippen LogP contribution in [-0.4, -0.2) is 0 Å². The maximum absolute atomic E-state index is 3.74. The van der Waals surface area contributed by atoms with Crippen LogP contribution in [-0.2, 0) is 0 Å². The first kappa shape index (κ1) is 10.3. The number of hydrogen-bond acceptors (Lipinski definition) is 0. The fourth-order valence-electron chi connectivity index (χ4n) is 1.22. The Hall–Kier alpha value is -0.820. The molecule has 0 bridgehead atoms. The molecule has 0 spiro atoms. The molecule has 0 aliphatic rings. The molecule has 13 heavy (non-hydrogen) atoms. The van der Waals surface area contributed by atoms with Gasteiger partial charge in [-0.2, -0.15) is 0 Å². The molecule has 0 heterocycles. The van der Waals surface area contributed by atoms with Crippen molar-refractivity contribution in [2.24, 2.45) is 0 Å². The van der Waals surface area contributed by atoms with Gasteiger partial charge in [0.25, 0.3) is 0 Å². The molecule has 1 aromatic rings. The van der Waals surface area contributed by atoms with E-state index >= 15 is 0 Å². The summed E-state index contributed by atoms with van der Waals surface area (Å²) in [5, 5.41) is 0. The first-order valence-corrected chi connectivity index (χ1v) is 5.09. The van der Waals surface area contributed by atoms with E-state index < -0.39 is 0 Å².